The van der Waals surface area contributed by atoms with Crippen molar-refractivity contribution in [1.29, 1.82) is 0 Å². The molecule has 2 N–H and O–H groups in total. The van der Waals surface area contributed by atoms with Gasteiger partial charge in [-0.3, -0.25) is 9.78 Å². The van der Waals surface area contributed by atoms with Crippen molar-refractivity contribution in [3.05, 3.63) is 24.0 Å². The van der Waals surface area contributed by atoms with E-state index in [4.69, 9.17) is 9.47 Å². The van der Waals surface area contributed by atoms with Crippen molar-refractivity contribution < 1.29 is 14.3 Å². The van der Waals surface area contributed by atoms with Crippen molar-refractivity contribution in [1.82, 2.24) is 10.3 Å². The molecule has 0 spiro atoms. The SMILES string of the molecule is CNC(=O)c1cc(NCC2COC(C)(C)O2)ccn1. The van der Waals surface area contributed by atoms with Gasteiger partial charge in [-0.2, -0.15) is 0 Å². The number of rotatable bonds is 4. The molecule has 2 heterocycles. The lowest BCUT2D eigenvalue weighted by molar-refractivity contribution is -0.136. The minimum absolute atomic E-state index is 0.00613. The molecule has 1 fully saturated rings. The van der Waals surface area contributed by atoms with E-state index in [-0.39, 0.29) is 12.0 Å². The number of carbonyl (C=O) groups is 1. The molecule has 0 radical (unpaired) electrons. The van der Waals surface area contributed by atoms with Crippen LogP contribution in [0.1, 0.15) is 24.3 Å². The summed E-state index contributed by atoms with van der Waals surface area (Å²) in [7, 11) is 1.58. The van der Waals surface area contributed by atoms with Crippen molar-refractivity contribution >= 4 is 11.6 Å². The number of hydrogen-bond donors (Lipinski definition) is 2. The molecule has 104 valence electrons. The Hall–Kier alpha value is -1.66. The first-order valence-electron chi connectivity index (χ1n) is 6.24. The van der Waals surface area contributed by atoms with Crippen molar-refractivity contribution in [2.24, 2.45) is 0 Å². The lowest BCUT2D eigenvalue weighted by atomic mass is 10.3. The molecule has 1 unspecified atom stereocenters. The highest BCUT2D eigenvalue weighted by molar-refractivity contribution is 5.92. The average Bonchev–Trinajstić information content (AvgIpc) is 2.75. The van der Waals surface area contributed by atoms with E-state index >= 15 is 0 Å². The fourth-order valence-electron chi connectivity index (χ4n) is 1.89. The molecule has 0 saturated carbocycles. The number of amides is 1. The number of aromatic nitrogens is 1. The molecule has 1 aliphatic heterocycles. The molecule has 0 aliphatic carbocycles. The minimum atomic E-state index is -0.516. The van der Waals surface area contributed by atoms with Gasteiger partial charge in [0, 0.05) is 25.5 Å². The topological polar surface area (TPSA) is 72.5 Å². The van der Waals surface area contributed by atoms with E-state index in [0.29, 0.717) is 18.8 Å². The third-order valence-electron chi connectivity index (χ3n) is 2.82. The van der Waals surface area contributed by atoms with Crippen LogP contribution in [0.5, 0.6) is 0 Å². The van der Waals surface area contributed by atoms with E-state index in [1.807, 2.05) is 19.9 Å². The predicted octanol–water partition coefficient (Wildman–Crippen LogP) is 1.00. The number of carbonyl (C=O) groups excluding carboxylic acids is 1. The molecule has 1 aromatic rings. The zero-order valence-corrected chi connectivity index (χ0v) is 11.4. The first-order valence-corrected chi connectivity index (χ1v) is 6.24. The quantitative estimate of drug-likeness (QED) is 0.850. The van der Waals surface area contributed by atoms with Gasteiger partial charge in [0.2, 0.25) is 0 Å². The lowest BCUT2D eigenvalue weighted by Gasteiger charge is -2.17. The number of ether oxygens (including phenoxy) is 2. The van der Waals surface area contributed by atoms with Crippen molar-refractivity contribution in [3.8, 4) is 0 Å². The summed E-state index contributed by atoms with van der Waals surface area (Å²) >= 11 is 0. The molecule has 6 heteroatoms. The van der Waals surface area contributed by atoms with Gasteiger partial charge in [0.05, 0.1) is 6.61 Å². The minimum Gasteiger partial charge on any atom is -0.382 e. The number of nitrogens with one attached hydrogen (secondary N) is 2. The lowest BCUT2D eigenvalue weighted by Crippen LogP contribution is -2.26. The summed E-state index contributed by atoms with van der Waals surface area (Å²) in [6.07, 6.45) is 1.61. The van der Waals surface area contributed by atoms with Gasteiger partial charge in [-0.25, -0.2) is 0 Å². The number of pyridine rings is 1. The molecule has 19 heavy (non-hydrogen) atoms. The van der Waals surface area contributed by atoms with E-state index in [0.717, 1.165) is 5.69 Å². The summed E-state index contributed by atoms with van der Waals surface area (Å²) in [4.78, 5) is 15.5. The fraction of sp³-hybridized carbons (Fsp3) is 0.538. The first kappa shape index (κ1) is 13.8. The highest BCUT2D eigenvalue weighted by Crippen LogP contribution is 2.22. The molecular weight excluding hydrogens is 246 g/mol. The third-order valence-corrected chi connectivity index (χ3v) is 2.82. The van der Waals surface area contributed by atoms with Gasteiger partial charge >= 0.3 is 0 Å². The maximum Gasteiger partial charge on any atom is 0.269 e. The summed E-state index contributed by atoms with van der Waals surface area (Å²) in [5.74, 6) is -0.720. The molecule has 1 amide bonds. The molecular formula is C13H19N3O3. The van der Waals surface area contributed by atoms with Crippen LogP contribution in [0, 0.1) is 0 Å². The van der Waals surface area contributed by atoms with E-state index in [9.17, 15) is 4.79 Å². The summed E-state index contributed by atoms with van der Waals surface area (Å²) in [6.45, 7) is 4.97. The molecule has 1 saturated heterocycles. The Morgan fingerprint density at radius 2 is 2.37 bits per heavy atom. The van der Waals surface area contributed by atoms with Crippen LogP contribution < -0.4 is 10.6 Å². The summed E-state index contributed by atoms with van der Waals surface area (Å²) in [6, 6.07) is 3.52. The fourth-order valence-corrected chi connectivity index (χ4v) is 1.89. The van der Waals surface area contributed by atoms with Gasteiger partial charge in [-0.1, -0.05) is 0 Å². The zero-order valence-electron chi connectivity index (χ0n) is 11.4. The van der Waals surface area contributed by atoms with Gasteiger partial charge in [0.15, 0.2) is 5.79 Å². The summed E-state index contributed by atoms with van der Waals surface area (Å²) < 4.78 is 11.2. The molecule has 6 nitrogen and oxygen atoms in total. The Bertz CT molecular complexity index is 462. The third kappa shape index (κ3) is 3.65. The number of hydrogen-bond acceptors (Lipinski definition) is 5. The van der Waals surface area contributed by atoms with Gasteiger partial charge in [-0.05, 0) is 26.0 Å². The molecule has 0 bridgehead atoms. The summed E-state index contributed by atoms with van der Waals surface area (Å²) in [5.41, 5.74) is 1.22. The highest BCUT2D eigenvalue weighted by Gasteiger charge is 2.32. The molecule has 0 aromatic carbocycles. The normalized spacial score (nSPS) is 21.1. The Labute approximate surface area is 112 Å². The molecule has 1 aliphatic rings. The van der Waals surface area contributed by atoms with Gasteiger partial charge in [0.25, 0.3) is 5.91 Å². The Morgan fingerprint density at radius 3 is 3.00 bits per heavy atom. The molecule has 1 aromatic heterocycles. The van der Waals surface area contributed by atoms with Crippen LogP contribution in [0.4, 0.5) is 5.69 Å². The van der Waals surface area contributed by atoms with E-state index in [1.165, 1.54) is 0 Å². The van der Waals surface area contributed by atoms with Crippen LogP contribution in [0.2, 0.25) is 0 Å². The molecule has 2 rings (SSSR count). The maximum atomic E-state index is 11.5. The van der Waals surface area contributed by atoms with Crippen LogP contribution in [-0.4, -0.2) is 43.0 Å². The van der Waals surface area contributed by atoms with Crippen LogP contribution in [-0.2, 0) is 9.47 Å². The van der Waals surface area contributed by atoms with Crippen LogP contribution in [0.25, 0.3) is 0 Å². The maximum absolute atomic E-state index is 11.5. The highest BCUT2D eigenvalue weighted by atomic mass is 16.7. The van der Waals surface area contributed by atoms with Crippen molar-refractivity contribution in [3.63, 3.8) is 0 Å². The van der Waals surface area contributed by atoms with E-state index in [2.05, 4.69) is 15.6 Å². The van der Waals surface area contributed by atoms with Crippen LogP contribution in [0.15, 0.2) is 18.3 Å². The standard InChI is InChI=1S/C13H19N3O3/c1-13(2)18-8-10(19-13)7-16-9-4-5-15-11(6-9)12(17)14-3/h4-6,10H,7-8H2,1-3H3,(H,14,17)(H,15,16). The average molecular weight is 265 g/mol. The number of anilines is 1. The van der Waals surface area contributed by atoms with Gasteiger partial charge < -0.3 is 20.1 Å². The van der Waals surface area contributed by atoms with Crippen molar-refractivity contribution in [2.45, 2.75) is 25.7 Å². The largest absolute Gasteiger partial charge is 0.382 e. The number of nitrogens with zero attached hydrogens (tertiary/aromatic N) is 1. The second kappa shape index (κ2) is 5.54. The Kier molecular flexibility index (Phi) is 4.01. The Morgan fingerprint density at radius 1 is 1.58 bits per heavy atom. The van der Waals surface area contributed by atoms with Gasteiger partial charge in [0.1, 0.15) is 11.8 Å². The van der Waals surface area contributed by atoms with Crippen molar-refractivity contribution in [2.75, 3.05) is 25.5 Å². The van der Waals surface area contributed by atoms with E-state index in [1.54, 1.807) is 19.3 Å². The van der Waals surface area contributed by atoms with Gasteiger partial charge in [-0.15, -0.1) is 0 Å². The smallest absolute Gasteiger partial charge is 0.269 e. The second-order valence-corrected chi connectivity index (χ2v) is 4.84. The monoisotopic (exact) mass is 265 g/mol. The van der Waals surface area contributed by atoms with Crippen LogP contribution in [0.3, 0.4) is 0 Å². The second-order valence-electron chi connectivity index (χ2n) is 4.84. The van der Waals surface area contributed by atoms with E-state index < -0.39 is 5.79 Å². The van der Waals surface area contributed by atoms with Crippen LogP contribution >= 0.6 is 0 Å². The predicted molar refractivity (Wildman–Crippen MR) is 71.0 cm³/mol. The summed E-state index contributed by atoms with van der Waals surface area (Å²) in [5, 5.41) is 5.76. The zero-order chi connectivity index (χ0) is 13.9. The first-order chi connectivity index (χ1) is 9.00. The molecule has 1 atom stereocenters. The Balaban J connectivity index is 1.91.